The van der Waals surface area contributed by atoms with Crippen molar-refractivity contribution >= 4 is 26.8 Å². The third-order valence-corrected chi connectivity index (χ3v) is 5.09. The summed E-state index contributed by atoms with van der Waals surface area (Å²) in [5.41, 5.74) is 1.09. The maximum atomic E-state index is 13.2. The molecule has 0 radical (unpaired) electrons. The van der Waals surface area contributed by atoms with E-state index in [2.05, 4.69) is 9.88 Å². The van der Waals surface area contributed by atoms with E-state index in [0.29, 0.717) is 11.0 Å². The number of furan rings is 1. The average molecular weight is 336 g/mol. The second kappa shape index (κ2) is 5.09. The van der Waals surface area contributed by atoms with Gasteiger partial charge >= 0.3 is 0 Å². The number of hydrogen-bond acceptors (Lipinski definition) is 5. The van der Waals surface area contributed by atoms with E-state index in [-0.39, 0.29) is 10.9 Å². The summed E-state index contributed by atoms with van der Waals surface area (Å²) in [6, 6.07) is 5.11. The fraction of sp³-hybridized carbons (Fsp3) is 0.267. The van der Waals surface area contributed by atoms with E-state index in [1.807, 2.05) is 0 Å². The Balaban J connectivity index is 1.70. The molecule has 2 heterocycles. The van der Waals surface area contributed by atoms with Crippen molar-refractivity contribution in [2.75, 3.05) is 4.72 Å². The van der Waals surface area contributed by atoms with Crippen molar-refractivity contribution in [1.82, 2.24) is 5.16 Å². The number of rotatable bonds is 3. The van der Waals surface area contributed by atoms with Gasteiger partial charge in [0.05, 0.1) is 0 Å². The highest BCUT2D eigenvalue weighted by Crippen LogP contribution is 2.30. The van der Waals surface area contributed by atoms with E-state index in [9.17, 15) is 12.8 Å². The minimum atomic E-state index is -3.95. The summed E-state index contributed by atoms with van der Waals surface area (Å²) in [6.07, 6.45) is 3.45. The number of aromatic nitrogens is 1. The number of fused-ring (bicyclic) bond motifs is 2. The third-order valence-electron chi connectivity index (χ3n) is 3.90. The lowest BCUT2D eigenvalue weighted by Gasteiger charge is -2.09. The molecular formula is C15H13FN2O4S. The molecule has 0 atom stereocenters. The molecule has 6 nitrogen and oxygen atoms in total. The van der Waals surface area contributed by atoms with Gasteiger partial charge in [0.1, 0.15) is 17.2 Å². The molecule has 0 bridgehead atoms. The van der Waals surface area contributed by atoms with Crippen LogP contribution in [0.1, 0.15) is 24.2 Å². The molecule has 0 aliphatic heterocycles. The molecular weight excluding hydrogens is 323 g/mol. The summed E-state index contributed by atoms with van der Waals surface area (Å²) in [4.78, 5) is 0. The Kier molecular flexibility index (Phi) is 3.15. The molecule has 0 spiro atoms. The summed E-state index contributed by atoms with van der Waals surface area (Å²) in [6.45, 7) is 0. The first kappa shape index (κ1) is 14.3. The molecule has 0 unspecified atom stereocenters. The molecule has 1 aliphatic rings. The molecule has 120 valence electrons. The van der Waals surface area contributed by atoms with Crippen molar-refractivity contribution in [3.05, 3.63) is 41.4 Å². The van der Waals surface area contributed by atoms with E-state index in [4.69, 9.17) is 8.94 Å². The number of aryl methyl sites for hydroxylation is 1. The number of nitrogens with one attached hydrogen (secondary N) is 1. The Morgan fingerprint density at radius 2 is 2.00 bits per heavy atom. The number of hydrogen-bond donors (Lipinski definition) is 1. The van der Waals surface area contributed by atoms with Crippen molar-refractivity contribution < 1.29 is 21.7 Å². The normalized spacial score (nSPS) is 14.8. The van der Waals surface area contributed by atoms with Crippen molar-refractivity contribution in [3.8, 4) is 0 Å². The number of sulfonamides is 1. The number of halogens is 1. The Morgan fingerprint density at radius 3 is 2.87 bits per heavy atom. The second-order valence-electron chi connectivity index (χ2n) is 5.49. The first-order chi connectivity index (χ1) is 11.0. The van der Waals surface area contributed by atoms with Gasteiger partial charge in [-0.15, -0.1) is 0 Å². The second-order valence-corrected chi connectivity index (χ2v) is 7.11. The van der Waals surface area contributed by atoms with Gasteiger partial charge in [-0.3, -0.25) is 4.72 Å². The van der Waals surface area contributed by atoms with E-state index in [1.54, 1.807) is 0 Å². The topological polar surface area (TPSA) is 85.3 Å². The predicted octanol–water partition coefficient (Wildman–Crippen LogP) is 3.24. The van der Waals surface area contributed by atoms with Crippen molar-refractivity contribution in [2.24, 2.45) is 0 Å². The lowest BCUT2D eigenvalue weighted by molar-refractivity contribution is 0.374. The third kappa shape index (κ3) is 2.48. The Labute approximate surface area is 131 Å². The van der Waals surface area contributed by atoms with E-state index < -0.39 is 15.8 Å². The Morgan fingerprint density at radius 1 is 1.17 bits per heavy atom. The largest absolute Gasteiger partial charge is 0.443 e. The van der Waals surface area contributed by atoms with Gasteiger partial charge in [-0.2, -0.15) is 8.42 Å². The van der Waals surface area contributed by atoms with Crippen molar-refractivity contribution in [1.29, 1.82) is 0 Å². The molecule has 1 aliphatic carbocycles. The van der Waals surface area contributed by atoms with Gasteiger partial charge in [0.25, 0.3) is 10.0 Å². The van der Waals surface area contributed by atoms with E-state index in [0.717, 1.165) is 37.0 Å². The molecule has 23 heavy (non-hydrogen) atoms. The lowest BCUT2D eigenvalue weighted by atomic mass is 9.98. The first-order valence-corrected chi connectivity index (χ1v) is 8.70. The highest BCUT2D eigenvalue weighted by Gasteiger charge is 2.26. The van der Waals surface area contributed by atoms with E-state index in [1.165, 1.54) is 24.3 Å². The highest BCUT2D eigenvalue weighted by atomic mass is 32.2. The van der Waals surface area contributed by atoms with Crippen LogP contribution in [-0.4, -0.2) is 13.6 Å². The zero-order valence-corrected chi connectivity index (χ0v) is 12.8. The summed E-state index contributed by atoms with van der Waals surface area (Å²) < 4.78 is 51.0. The number of benzene rings is 1. The van der Waals surface area contributed by atoms with Crippen LogP contribution in [0.15, 0.2) is 38.3 Å². The molecule has 3 aromatic rings. The number of nitrogens with zero attached hydrogens (tertiary/aromatic N) is 1. The summed E-state index contributed by atoms with van der Waals surface area (Å²) in [7, 11) is -3.95. The minimum absolute atomic E-state index is 0.200. The van der Waals surface area contributed by atoms with Gasteiger partial charge in [-0.25, -0.2) is 4.39 Å². The van der Waals surface area contributed by atoms with E-state index >= 15 is 0 Å². The van der Waals surface area contributed by atoms with Crippen LogP contribution in [0, 0.1) is 5.82 Å². The molecule has 1 N–H and O–H groups in total. The van der Waals surface area contributed by atoms with Crippen LogP contribution >= 0.6 is 0 Å². The fourth-order valence-electron chi connectivity index (χ4n) is 2.76. The Bertz CT molecular complexity index is 990. The van der Waals surface area contributed by atoms with Gasteiger partial charge in [0.2, 0.25) is 5.09 Å². The zero-order valence-electron chi connectivity index (χ0n) is 12.0. The molecule has 8 heteroatoms. The van der Waals surface area contributed by atoms with Crippen LogP contribution in [0.5, 0.6) is 0 Å². The van der Waals surface area contributed by atoms with Crippen molar-refractivity contribution in [3.63, 3.8) is 0 Å². The maximum Gasteiger partial charge on any atom is 0.296 e. The van der Waals surface area contributed by atoms with Crippen LogP contribution < -0.4 is 4.72 Å². The predicted molar refractivity (Wildman–Crippen MR) is 80.1 cm³/mol. The fourth-order valence-corrected chi connectivity index (χ4v) is 3.76. The summed E-state index contributed by atoms with van der Waals surface area (Å²) >= 11 is 0. The Hall–Kier alpha value is -2.35. The summed E-state index contributed by atoms with van der Waals surface area (Å²) in [5, 5.41) is 3.91. The minimum Gasteiger partial charge on any atom is -0.443 e. The van der Waals surface area contributed by atoms with Gasteiger partial charge in [-0.1, -0.05) is 5.16 Å². The molecule has 0 saturated carbocycles. The molecule has 1 aromatic carbocycles. The average Bonchev–Trinajstić information content (AvgIpc) is 3.11. The first-order valence-electron chi connectivity index (χ1n) is 7.22. The van der Waals surface area contributed by atoms with Gasteiger partial charge in [0, 0.05) is 23.4 Å². The molecule has 0 saturated heterocycles. The monoisotopic (exact) mass is 336 g/mol. The SMILES string of the molecule is O=S(=O)(Nc1noc2c1CCCC2)c1cc2cc(F)ccc2o1. The molecule has 4 rings (SSSR count). The van der Waals surface area contributed by atoms with Gasteiger partial charge in [-0.05, 0) is 37.5 Å². The quantitative estimate of drug-likeness (QED) is 0.793. The van der Waals surface area contributed by atoms with Crippen LogP contribution in [0.3, 0.4) is 0 Å². The van der Waals surface area contributed by atoms with Gasteiger partial charge in [0.15, 0.2) is 5.82 Å². The van der Waals surface area contributed by atoms with Crippen LogP contribution in [0.4, 0.5) is 10.2 Å². The van der Waals surface area contributed by atoms with Gasteiger partial charge < -0.3 is 8.94 Å². The highest BCUT2D eigenvalue weighted by molar-refractivity contribution is 7.92. The zero-order chi connectivity index (χ0) is 16.0. The smallest absolute Gasteiger partial charge is 0.296 e. The molecule has 0 fully saturated rings. The number of anilines is 1. The van der Waals surface area contributed by atoms with Crippen molar-refractivity contribution in [2.45, 2.75) is 30.8 Å². The maximum absolute atomic E-state index is 13.2. The van der Waals surface area contributed by atoms with Crippen LogP contribution in [0.25, 0.3) is 11.0 Å². The van der Waals surface area contributed by atoms with Crippen LogP contribution in [-0.2, 0) is 22.9 Å². The van der Waals surface area contributed by atoms with Crippen LogP contribution in [0.2, 0.25) is 0 Å². The summed E-state index contributed by atoms with van der Waals surface area (Å²) in [5.74, 6) is 0.466. The standard InChI is InChI=1S/C15H13FN2O4S/c16-10-5-6-12-9(7-10)8-14(21-12)23(19,20)18-15-11-3-1-2-4-13(11)22-17-15/h5-8H,1-4H2,(H,17,18). The lowest BCUT2D eigenvalue weighted by Crippen LogP contribution is -2.14. The molecule has 0 amide bonds. The molecule has 2 aromatic heterocycles.